The fourth-order valence-electron chi connectivity index (χ4n) is 5.91. The Kier molecular flexibility index (Phi) is 9.59. The molecular weight excluding hydrogens is 476 g/mol. The number of aliphatic hydroxyl groups is 1. The number of rotatable bonds is 15. The second-order valence-corrected chi connectivity index (χ2v) is 12.2. The Balaban J connectivity index is 1.26. The molecule has 1 atom stereocenters. The molecule has 2 heterocycles. The number of aromatic nitrogens is 2. The van der Waals surface area contributed by atoms with Gasteiger partial charge in [0.2, 0.25) is 0 Å². The summed E-state index contributed by atoms with van der Waals surface area (Å²) in [5.74, 6) is 1.20. The predicted molar refractivity (Wildman–Crippen MR) is 153 cm³/mol. The second kappa shape index (κ2) is 12.9. The van der Waals surface area contributed by atoms with E-state index in [1.165, 1.54) is 36.8 Å². The molecule has 0 saturated heterocycles. The van der Waals surface area contributed by atoms with E-state index in [1.807, 2.05) is 18.3 Å². The van der Waals surface area contributed by atoms with Gasteiger partial charge in [0.15, 0.2) is 18.2 Å². The van der Waals surface area contributed by atoms with Crippen LogP contribution in [0.4, 0.5) is 0 Å². The first-order chi connectivity index (χ1) is 18.2. The first-order valence-corrected chi connectivity index (χ1v) is 14.5. The number of carbonyl (C=O) groups is 1. The number of hydrogen-bond acceptors (Lipinski definition) is 4. The van der Waals surface area contributed by atoms with Crippen molar-refractivity contribution < 1.29 is 19.7 Å². The Labute approximate surface area is 227 Å². The monoisotopic (exact) mass is 522 g/mol. The van der Waals surface area contributed by atoms with Crippen LogP contribution in [0.25, 0.3) is 10.9 Å². The van der Waals surface area contributed by atoms with Gasteiger partial charge in [-0.3, -0.25) is 4.79 Å². The number of hydrogen-bond donors (Lipinski definition) is 3. The van der Waals surface area contributed by atoms with E-state index in [-0.39, 0.29) is 18.0 Å². The molecule has 0 unspecified atom stereocenters. The van der Waals surface area contributed by atoms with E-state index in [4.69, 9.17) is 4.74 Å². The molecule has 3 N–H and O–H groups in total. The lowest BCUT2D eigenvalue weighted by molar-refractivity contribution is -0.121. The summed E-state index contributed by atoms with van der Waals surface area (Å²) < 4.78 is 8.15. The highest BCUT2D eigenvalue weighted by atomic mass is 16.5. The summed E-state index contributed by atoms with van der Waals surface area (Å²) in [6, 6.07) is 7.39. The number of aromatic amines is 1. The summed E-state index contributed by atoms with van der Waals surface area (Å²) in [4.78, 5) is 15.8. The van der Waals surface area contributed by atoms with Gasteiger partial charge in [-0.1, -0.05) is 46.1 Å². The number of phenolic OH excluding ortho intramolecular Hbond substituents is 1. The molecule has 6 heteroatoms. The number of ether oxygens (including phenoxy) is 1. The van der Waals surface area contributed by atoms with E-state index in [9.17, 15) is 15.0 Å². The highest BCUT2D eigenvalue weighted by molar-refractivity contribution is 5.82. The lowest BCUT2D eigenvalue weighted by Crippen LogP contribution is -2.16. The average molecular weight is 523 g/mol. The number of H-pyrrole nitrogens is 1. The number of nitrogens with zero attached hydrogens (tertiary/aromatic N) is 1. The molecule has 3 aromatic rings. The van der Waals surface area contributed by atoms with Crippen molar-refractivity contribution in [2.75, 3.05) is 0 Å². The van der Waals surface area contributed by atoms with Gasteiger partial charge in [0.25, 0.3) is 0 Å². The van der Waals surface area contributed by atoms with Gasteiger partial charge in [-0.25, -0.2) is 0 Å². The first-order valence-electron chi connectivity index (χ1n) is 14.5. The second-order valence-electron chi connectivity index (χ2n) is 12.2. The minimum absolute atomic E-state index is 0.0809. The van der Waals surface area contributed by atoms with E-state index in [1.54, 1.807) is 6.07 Å². The van der Waals surface area contributed by atoms with Crippen molar-refractivity contribution in [2.24, 2.45) is 11.3 Å². The standard InChI is InChI=1S/C32H46N2O4/c1-23(2)8-12-29-27-14-18-33-28(27)21-34(29)22-38-31-19-24(10-13-30(31)37)9-11-26(36)20-25(35)7-6-17-32(3)15-4-5-16-32/h10,13-14,18-19,21,23,25,33,35,37H,4-9,11-12,15-17,20,22H2,1-3H3/t25-/m1/s1. The number of Topliss-reactive ketones (excluding diaryl/α,β-unsaturated/α-hetero) is 1. The third kappa shape index (κ3) is 7.66. The summed E-state index contributed by atoms with van der Waals surface area (Å²) in [5.41, 5.74) is 3.69. The molecule has 38 heavy (non-hydrogen) atoms. The molecule has 4 rings (SSSR count). The number of benzene rings is 1. The Hall–Kier alpha value is -2.73. The van der Waals surface area contributed by atoms with E-state index in [2.05, 4.69) is 42.6 Å². The highest BCUT2D eigenvalue weighted by Crippen LogP contribution is 2.41. The van der Waals surface area contributed by atoms with Crippen LogP contribution in [0.3, 0.4) is 0 Å². The van der Waals surface area contributed by atoms with Crippen molar-refractivity contribution in [1.29, 1.82) is 0 Å². The van der Waals surface area contributed by atoms with Crippen molar-refractivity contribution in [3.63, 3.8) is 0 Å². The number of fused-ring (bicyclic) bond motifs is 1. The molecule has 0 spiro atoms. The molecular formula is C32H46N2O4. The van der Waals surface area contributed by atoms with Crippen LogP contribution in [0.15, 0.2) is 36.7 Å². The smallest absolute Gasteiger partial charge is 0.165 e. The third-order valence-electron chi connectivity index (χ3n) is 8.35. The molecule has 1 aromatic carbocycles. The van der Waals surface area contributed by atoms with Crippen LogP contribution in [0.5, 0.6) is 11.5 Å². The van der Waals surface area contributed by atoms with Crippen molar-refractivity contribution in [3.8, 4) is 11.5 Å². The average Bonchev–Trinajstić information content (AvgIpc) is 3.58. The number of aromatic hydroxyl groups is 1. The van der Waals surface area contributed by atoms with Gasteiger partial charge >= 0.3 is 0 Å². The van der Waals surface area contributed by atoms with E-state index in [0.29, 0.717) is 43.1 Å². The minimum Gasteiger partial charge on any atom is -0.504 e. The number of ketones is 1. The molecule has 1 aliphatic carbocycles. The zero-order valence-electron chi connectivity index (χ0n) is 23.5. The van der Waals surface area contributed by atoms with Gasteiger partial charge in [0, 0.05) is 36.3 Å². The molecule has 1 saturated carbocycles. The van der Waals surface area contributed by atoms with Crippen LogP contribution in [0, 0.1) is 11.3 Å². The Morgan fingerprint density at radius 1 is 1.16 bits per heavy atom. The Morgan fingerprint density at radius 2 is 1.95 bits per heavy atom. The SMILES string of the molecule is CC(C)CCc1c2cc[nH]c2cn1COc1cc(CCC(=O)C[C@H](O)CCCC2(C)CCCC2)ccc1O. The van der Waals surface area contributed by atoms with E-state index in [0.717, 1.165) is 36.8 Å². The number of carbonyl (C=O) groups excluding carboxylic acids is 1. The van der Waals surface area contributed by atoms with Crippen molar-refractivity contribution in [2.45, 2.75) is 111 Å². The number of nitrogens with one attached hydrogen (secondary N) is 1. The maximum atomic E-state index is 12.5. The van der Waals surface area contributed by atoms with Crippen LogP contribution >= 0.6 is 0 Å². The number of aliphatic hydroxyl groups excluding tert-OH is 1. The van der Waals surface area contributed by atoms with Crippen molar-refractivity contribution in [1.82, 2.24) is 9.55 Å². The molecule has 208 valence electrons. The zero-order valence-corrected chi connectivity index (χ0v) is 23.5. The summed E-state index contributed by atoms with van der Waals surface area (Å²) in [6.45, 7) is 7.12. The van der Waals surface area contributed by atoms with E-state index < -0.39 is 6.10 Å². The number of phenols is 1. The molecule has 1 fully saturated rings. The Bertz CT molecular complexity index is 1190. The van der Waals surface area contributed by atoms with Crippen LogP contribution in [0.1, 0.15) is 96.2 Å². The zero-order chi connectivity index (χ0) is 27.1. The minimum atomic E-state index is -0.552. The van der Waals surface area contributed by atoms with Gasteiger partial charge in [-0.15, -0.1) is 0 Å². The fourth-order valence-corrected chi connectivity index (χ4v) is 5.91. The highest BCUT2D eigenvalue weighted by Gasteiger charge is 2.28. The molecule has 0 bridgehead atoms. The maximum absolute atomic E-state index is 12.5. The molecule has 6 nitrogen and oxygen atoms in total. The summed E-state index contributed by atoms with van der Waals surface area (Å²) in [5, 5.41) is 22.0. The van der Waals surface area contributed by atoms with Gasteiger partial charge in [-0.05, 0) is 80.0 Å². The molecule has 0 radical (unpaired) electrons. The van der Waals surface area contributed by atoms with Gasteiger partial charge in [-0.2, -0.15) is 0 Å². The third-order valence-corrected chi connectivity index (χ3v) is 8.35. The van der Waals surface area contributed by atoms with E-state index >= 15 is 0 Å². The summed E-state index contributed by atoms with van der Waals surface area (Å²) >= 11 is 0. The quantitative estimate of drug-likeness (QED) is 0.195. The Morgan fingerprint density at radius 3 is 2.71 bits per heavy atom. The number of aryl methyl sites for hydroxylation is 2. The maximum Gasteiger partial charge on any atom is 0.165 e. The normalized spacial score (nSPS) is 15.9. The van der Waals surface area contributed by atoms with Gasteiger partial charge in [0.05, 0.1) is 11.6 Å². The molecule has 0 amide bonds. The van der Waals surface area contributed by atoms with Gasteiger partial charge in [0.1, 0.15) is 5.78 Å². The molecule has 0 aliphatic heterocycles. The van der Waals surface area contributed by atoms with Crippen LogP contribution in [0.2, 0.25) is 0 Å². The van der Waals surface area contributed by atoms with Crippen molar-refractivity contribution in [3.05, 3.63) is 47.9 Å². The summed E-state index contributed by atoms with van der Waals surface area (Å²) in [7, 11) is 0. The summed E-state index contributed by atoms with van der Waals surface area (Å²) in [6.07, 6.45) is 14.7. The lowest BCUT2D eigenvalue weighted by atomic mass is 9.83. The predicted octanol–water partition coefficient (Wildman–Crippen LogP) is 7.30. The topological polar surface area (TPSA) is 87.5 Å². The van der Waals surface area contributed by atoms with Gasteiger partial charge < -0.3 is 24.5 Å². The molecule has 1 aliphatic rings. The van der Waals surface area contributed by atoms with Crippen LogP contribution in [-0.4, -0.2) is 31.7 Å². The lowest BCUT2D eigenvalue weighted by Gasteiger charge is -2.23. The largest absolute Gasteiger partial charge is 0.504 e. The van der Waals surface area contributed by atoms with Crippen LogP contribution < -0.4 is 4.74 Å². The van der Waals surface area contributed by atoms with Crippen molar-refractivity contribution >= 4 is 16.7 Å². The fraction of sp³-hybridized carbons (Fsp3) is 0.594. The first kappa shape index (κ1) is 28.3. The van der Waals surface area contributed by atoms with Crippen LogP contribution in [-0.2, 0) is 24.4 Å². The molecule has 2 aromatic heterocycles.